The first kappa shape index (κ1) is 19.9. The SMILES string of the molecule is O=C(CCc1nncn1-c1ccc(F)cc1)Nc1ccc(CO[PH](=O)O)cc1. The van der Waals surface area contributed by atoms with Gasteiger partial charge in [-0.2, -0.15) is 0 Å². The molecule has 1 heterocycles. The Balaban J connectivity index is 1.54. The molecule has 0 aliphatic rings. The molecule has 10 heteroatoms. The summed E-state index contributed by atoms with van der Waals surface area (Å²) in [5.41, 5.74) is 2.04. The van der Waals surface area contributed by atoms with Gasteiger partial charge in [0.25, 0.3) is 0 Å². The van der Waals surface area contributed by atoms with Gasteiger partial charge in [-0.05, 0) is 42.0 Å². The minimum Gasteiger partial charge on any atom is -0.326 e. The Kier molecular flexibility index (Phi) is 6.65. The van der Waals surface area contributed by atoms with Crippen LogP contribution in [0.5, 0.6) is 0 Å². The average molecular weight is 404 g/mol. The smallest absolute Gasteiger partial charge is 0.316 e. The molecule has 1 atom stereocenters. The Hall–Kier alpha value is -2.87. The van der Waals surface area contributed by atoms with E-state index < -0.39 is 8.25 Å². The van der Waals surface area contributed by atoms with Crippen molar-refractivity contribution in [1.29, 1.82) is 0 Å². The zero-order chi connectivity index (χ0) is 19.9. The molecule has 0 bridgehead atoms. The molecule has 0 saturated carbocycles. The highest BCUT2D eigenvalue weighted by atomic mass is 31.1. The zero-order valence-corrected chi connectivity index (χ0v) is 15.7. The number of anilines is 1. The summed E-state index contributed by atoms with van der Waals surface area (Å²) in [6.45, 7) is 0.0293. The van der Waals surface area contributed by atoms with E-state index in [1.165, 1.54) is 18.5 Å². The summed E-state index contributed by atoms with van der Waals surface area (Å²) in [5, 5.41) is 10.7. The number of hydrogen-bond acceptors (Lipinski definition) is 5. The van der Waals surface area contributed by atoms with E-state index in [1.54, 1.807) is 41.0 Å². The number of carbonyl (C=O) groups excluding carboxylic acids is 1. The van der Waals surface area contributed by atoms with Crippen LogP contribution in [0.4, 0.5) is 10.1 Å². The van der Waals surface area contributed by atoms with Gasteiger partial charge < -0.3 is 14.7 Å². The molecule has 0 saturated heterocycles. The van der Waals surface area contributed by atoms with Crippen molar-refractivity contribution in [1.82, 2.24) is 14.8 Å². The van der Waals surface area contributed by atoms with Crippen LogP contribution in [-0.2, 0) is 26.9 Å². The second kappa shape index (κ2) is 9.36. The Bertz CT molecular complexity index is 960. The molecular formula is C18H18FN4O4P. The fourth-order valence-corrected chi connectivity index (χ4v) is 2.82. The Morgan fingerprint density at radius 3 is 2.57 bits per heavy atom. The topological polar surface area (TPSA) is 106 Å². The maximum absolute atomic E-state index is 13.1. The molecule has 1 aromatic heterocycles. The highest BCUT2D eigenvalue weighted by Crippen LogP contribution is 2.19. The van der Waals surface area contributed by atoms with Gasteiger partial charge in [-0.15, -0.1) is 10.2 Å². The highest BCUT2D eigenvalue weighted by molar-refractivity contribution is 7.32. The van der Waals surface area contributed by atoms with Crippen LogP contribution >= 0.6 is 8.25 Å². The van der Waals surface area contributed by atoms with E-state index >= 15 is 0 Å². The molecule has 146 valence electrons. The summed E-state index contributed by atoms with van der Waals surface area (Å²) in [4.78, 5) is 20.9. The Morgan fingerprint density at radius 1 is 1.18 bits per heavy atom. The Morgan fingerprint density at radius 2 is 1.89 bits per heavy atom. The van der Waals surface area contributed by atoms with E-state index in [2.05, 4.69) is 20.0 Å². The second-order valence-electron chi connectivity index (χ2n) is 5.89. The average Bonchev–Trinajstić information content (AvgIpc) is 3.15. The van der Waals surface area contributed by atoms with Crippen molar-refractivity contribution in [3.8, 4) is 5.69 Å². The molecule has 0 radical (unpaired) electrons. The van der Waals surface area contributed by atoms with Crippen molar-refractivity contribution >= 4 is 19.8 Å². The molecule has 1 amide bonds. The molecular weight excluding hydrogens is 386 g/mol. The Labute approximate surface area is 160 Å². The maximum Gasteiger partial charge on any atom is 0.316 e. The van der Waals surface area contributed by atoms with E-state index in [4.69, 9.17) is 4.89 Å². The molecule has 2 N–H and O–H groups in total. The lowest BCUT2D eigenvalue weighted by molar-refractivity contribution is -0.116. The number of amides is 1. The van der Waals surface area contributed by atoms with Crippen molar-refractivity contribution in [3.05, 3.63) is 72.1 Å². The number of hydrogen-bond donors (Lipinski definition) is 2. The summed E-state index contributed by atoms with van der Waals surface area (Å²) in [6, 6.07) is 12.7. The number of rotatable bonds is 8. The molecule has 0 spiro atoms. The van der Waals surface area contributed by atoms with Gasteiger partial charge in [-0.1, -0.05) is 12.1 Å². The molecule has 0 aliphatic carbocycles. The molecule has 2 aromatic carbocycles. The van der Waals surface area contributed by atoms with Gasteiger partial charge in [0.2, 0.25) is 5.91 Å². The first-order valence-electron chi connectivity index (χ1n) is 8.40. The van der Waals surface area contributed by atoms with Gasteiger partial charge >= 0.3 is 8.25 Å². The van der Waals surface area contributed by atoms with Crippen LogP contribution in [-0.4, -0.2) is 25.6 Å². The highest BCUT2D eigenvalue weighted by Gasteiger charge is 2.10. The van der Waals surface area contributed by atoms with Crippen LogP contribution in [0.15, 0.2) is 54.9 Å². The third-order valence-corrected chi connectivity index (χ3v) is 4.29. The first-order valence-corrected chi connectivity index (χ1v) is 9.67. The molecule has 1 unspecified atom stereocenters. The summed E-state index contributed by atoms with van der Waals surface area (Å²) in [7, 11) is -2.97. The molecule has 3 aromatic rings. The lowest BCUT2D eigenvalue weighted by Gasteiger charge is -2.08. The van der Waals surface area contributed by atoms with Crippen molar-refractivity contribution < 1.29 is 23.2 Å². The van der Waals surface area contributed by atoms with Crippen molar-refractivity contribution in [2.45, 2.75) is 19.4 Å². The van der Waals surface area contributed by atoms with Crippen LogP contribution < -0.4 is 5.32 Å². The largest absolute Gasteiger partial charge is 0.326 e. The number of aryl methyl sites for hydroxylation is 1. The molecule has 28 heavy (non-hydrogen) atoms. The predicted molar refractivity (Wildman–Crippen MR) is 101 cm³/mol. The number of halogens is 1. The van der Waals surface area contributed by atoms with Crippen molar-refractivity contribution in [2.24, 2.45) is 0 Å². The summed E-state index contributed by atoms with van der Waals surface area (Å²) < 4.78 is 30.0. The van der Waals surface area contributed by atoms with E-state index in [9.17, 15) is 13.8 Å². The summed E-state index contributed by atoms with van der Waals surface area (Å²) in [5.74, 6) is 0.0626. The van der Waals surface area contributed by atoms with Crippen LogP contribution in [0.3, 0.4) is 0 Å². The third kappa shape index (κ3) is 5.56. The molecule has 3 rings (SSSR count). The van der Waals surface area contributed by atoms with E-state index in [1.807, 2.05) is 0 Å². The lowest BCUT2D eigenvalue weighted by atomic mass is 10.2. The van der Waals surface area contributed by atoms with Crippen LogP contribution in [0.1, 0.15) is 17.8 Å². The van der Waals surface area contributed by atoms with Crippen LogP contribution in [0.25, 0.3) is 5.69 Å². The number of nitrogens with one attached hydrogen (secondary N) is 1. The van der Waals surface area contributed by atoms with Gasteiger partial charge in [-0.3, -0.25) is 13.9 Å². The first-order chi connectivity index (χ1) is 13.5. The summed E-state index contributed by atoms with van der Waals surface area (Å²) in [6.07, 6.45) is 2.07. The lowest BCUT2D eigenvalue weighted by Crippen LogP contribution is -2.13. The fourth-order valence-electron chi connectivity index (χ4n) is 2.52. The van der Waals surface area contributed by atoms with Gasteiger partial charge in [0, 0.05) is 24.2 Å². The van der Waals surface area contributed by atoms with Gasteiger partial charge in [0.05, 0.1) is 6.61 Å². The minimum atomic E-state index is -2.97. The van der Waals surface area contributed by atoms with Gasteiger partial charge in [0.15, 0.2) is 0 Å². The molecule has 0 fully saturated rings. The summed E-state index contributed by atoms with van der Waals surface area (Å²) >= 11 is 0. The quantitative estimate of drug-likeness (QED) is 0.559. The zero-order valence-electron chi connectivity index (χ0n) is 14.7. The number of aromatic nitrogens is 3. The normalized spacial score (nSPS) is 11.9. The number of benzene rings is 2. The molecule has 0 aliphatic heterocycles. The third-order valence-electron chi connectivity index (χ3n) is 3.90. The van der Waals surface area contributed by atoms with Gasteiger partial charge in [0.1, 0.15) is 18.0 Å². The van der Waals surface area contributed by atoms with E-state index in [0.29, 0.717) is 23.6 Å². The van der Waals surface area contributed by atoms with Crippen LogP contribution in [0.2, 0.25) is 0 Å². The minimum absolute atomic E-state index is 0.0293. The number of carbonyl (C=O) groups is 1. The van der Waals surface area contributed by atoms with Crippen LogP contribution in [0, 0.1) is 5.82 Å². The van der Waals surface area contributed by atoms with Crippen molar-refractivity contribution in [2.75, 3.05) is 5.32 Å². The molecule has 8 nitrogen and oxygen atoms in total. The van der Waals surface area contributed by atoms with E-state index in [0.717, 1.165) is 5.56 Å². The standard InChI is InChI=1S/C18H18FN4O4P/c19-14-3-7-16(8-4-14)23-12-20-22-17(23)9-10-18(24)21-15-5-1-13(2-6-15)11-27-28(25)26/h1-8,12,28H,9-11H2,(H,21,24)(H,25,26). The monoisotopic (exact) mass is 404 g/mol. The fraction of sp³-hybridized carbons (Fsp3) is 0.167. The van der Waals surface area contributed by atoms with E-state index in [-0.39, 0.29) is 24.8 Å². The second-order valence-corrected chi connectivity index (χ2v) is 6.71. The van der Waals surface area contributed by atoms with Gasteiger partial charge in [-0.25, -0.2) is 4.39 Å². The number of nitrogens with zero attached hydrogens (tertiary/aromatic N) is 3. The maximum atomic E-state index is 13.1. The van der Waals surface area contributed by atoms with Crippen molar-refractivity contribution in [3.63, 3.8) is 0 Å². The predicted octanol–water partition coefficient (Wildman–Crippen LogP) is 2.88.